The fourth-order valence-corrected chi connectivity index (χ4v) is 3.65. The van der Waals surface area contributed by atoms with Crippen LogP contribution in [-0.2, 0) is 31.3 Å². The van der Waals surface area contributed by atoms with E-state index in [0.717, 1.165) is 39.1 Å². The zero-order chi connectivity index (χ0) is 16.6. The summed E-state index contributed by atoms with van der Waals surface area (Å²) in [5.41, 5.74) is 6.91. The lowest BCUT2D eigenvalue weighted by atomic mass is 10.0. The summed E-state index contributed by atoms with van der Waals surface area (Å²) in [6.45, 7) is 7.85. The molecule has 1 aliphatic rings. The molecule has 23 heavy (non-hydrogen) atoms. The van der Waals surface area contributed by atoms with E-state index in [4.69, 9.17) is 4.74 Å². The van der Waals surface area contributed by atoms with Gasteiger partial charge in [0.1, 0.15) is 0 Å². The molecule has 1 N–H and O–H groups in total. The molecular weight excluding hydrogens is 288 g/mol. The summed E-state index contributed by atoms with van der Waals surface area (Å²) in [7, 11) is 3.91. The van der Waals surface area contributed by atoms with Crippen molar-refractivity contribution in [2.45, 2.75) is 45.9 Å². The molecule has 0 spiro atoms. The quantitative estimate of drug-likeness (QED) is 0.890. The number of aryl methyl sites for hydroxylation is 2. The Morgan fingerprint density at radius 1 is 1.26 bits per heavy atom. The average molecular weight is 316 g/mol. The number of hydrogen-bond acceptors (Lipinski definition) is 3. The van der Waals surface area contributed by atoms with Gasteiger partial charge in [-0.1, -0.05) is 0 Å². The lowest BCUT2D eigenvalue weighted by Crippen LogP contribution is -2.21. The third kappa shape index (κ3) is 3.16. The first kappa shape index (κ1) is 16.5. The van der Waals surface area contributed by atoms with Crippen LogP contribution in [0.4, 0.5) is 0 Å². The second kappa shape index (κ2) is 6.63. The number of aliphatic hydroxyl groups is 1. The lowest BCUT2D eigenvalue weighted by Gasteiger charge is -2.13. The number of aromatic nitrogens is 1. The van der Waals surface area contributed by atoms with Crippen LogP contribution in [-0.4, -0.2) is 40.9 Å². The average Bonchev–Trinajstić information content (AvgIpc) is 3.01. The molecule has 4 nitrogen and oxygen atoms in total. The van der Waals surface area contributed by atoms with Gasteiger partial charge in [0, 0.05) is 50.4 Å². The molecule has 4 heteroatoms. The summed E-state index contributed by atoms with van der Waals surface area (Å²) in [4.78, 5) is 2.44. The van der Waals surface area contributed by atoms with E-state index >= 15 is 0 Å². The number of ether oxygens (including phenoxy) is 1. The van der Waals surface area contributed by atoms with Crippen LogP contribution in [0, 0.1) is 6.92 Å². The Morgan fingerprint density at radius 3 is 2.61 bits per heavy atom. The number of benzene rings is 1. The van der Waals surface area contributed by atoms with Crippen LogP contribution in [0.1, 0.15) is 35.7 Å². The summed E-state index contributed by atoms with van der Waals surface area (Å²) in [5, 5.41) is 11.0. The van der Waals surface area contributed by atoms with E-state index in [2.05, 4.69) is 35.6 Å². The maximum absolute atomic E-state index is 9.63. The van der Waals surface area contributed by atoms with Crippen molar-refractivity contribution in [3.63, 3.8) is 0 Å². The van der Waals surface area contributed by atoms with E-state index in [-0.39, 0.29) is 6.10 Å². The van der Waals surface area contributed by atoms with Gasteiger partial charge in [0.05, 0.1) is 12.7 Å². The SMILES string of the molecule is COCCN1Cc2cc3c(CCC(C)O)c(C)n(C)c3cc2C1. The number of aliphatic hydroxyl groups excluding tert-OH is 1. The van der Waals surface area contributed by atoms with Crippen molar-refractivity contribution in [2.75, 3.05) is 20.3 Å². The van der Waals surface area contributed by atoms with Crippen LogP contribution in [0.5, 0.6) is 0 Å². The Bertz CT molecular complexity index is 703. The third-order valence-corrected chi connectivity index (χ3v) is 5.16. The van der Waals surface area contributed by atoms with Crippen LogP contribution in [0.25, 0.3) is 10.9 Å². The van der Waals surface area contributed by atoms with Crippen LogP contribution in [0.2, 0.25) is 0 Å². The molecule has 1 atom stereocenters. The summed E-state index contributed by atoms with van der Waals surface area (Å²) in [5.74, 6) is 0. The Balaban J connectivity index is 1.94. The maximum atomic E-state index is 9.63. The van der Waals surface area contributed by atoms with Crippen molar-refractivity contribution in [1.82, 2.24) is 9.47 Å². The lowest BCUT2D eigenvalue weighted by molar-refractivity contribution is 0.147. The standard InChI is InChI=1S/C19H28N2O2/c1-13(22)5-6-17-14(2)20(3)19-10-16-12-21(7-8-23-4)11-15(16)9-18(17)19/h9-10,13,22H,5-8,11-12H2,1-4H3. The Kier molecular flexibility index (Phi) is 4.76. The maximum Gasteiger partial charge on any atom is 0.0589 e. The number of nitrogens with zero attached hydrogens (tertiary/aromatic N) is 2. The molecule has 126 valence electrons. The summed E-state index contributed by atoms with van der Waals surface area (Å²) >= 11 is 0. The molecular formula is C19H28N2O2. The molecule has 0 aliphatic carbocycles. The van der Waals surface area contributed by atoms with Gasteiger partial charge in [-0.05, 0) is 55.5 Å². The van der Waals surface area contributed by atoms with Gasteiger partial charge in [-0.3, -0.25) is 4.90 Å². The van der Waals surface area contributed by atoms with Crippen LogP contribution in [0.3, 0.4) is 0 Å². The highest BCUT2D eigenvalue weighted by Gasteiger charge is 2.22. The van der Waals surface area contributed by atoms with Crippen molar-refractivity contribution in [3.05, 3.63) is 34.5 Å². The van der Waals surface area contributed by atoms with Crippen LogP contribution in [0.15, 0.2) is 12.1 Å². The van der Waals surface area contributed by atoms with Gasteiger partial charge >= 0.3 is 0 Å². The minimum absolute atomic E-state index is 0.247. The van der Waals surface area contributed by atoms with E-state index in [0.29, 0.717) is 0 Å². The third-order valence-electron chi connectivity index (χ3n) is 5.16. The van der Waals surface area contributed by atoms with Gasteiger partial charge in [-0.2, -0.15) is 0 Å². The van der Waals surface area contributed by atoms with Gasteiger partial charge in [0.15, 0.2) is 0 Å². The van der Waals surface area contributed by atoms with Crippen molar-refractivity contribution in [1.29, 1.82) is 0 Å². The first-order valence-corrected chi connectivity index (χ1v) is 8.50. The highest BCUT2D eigenvalue weighted by molar-refractivity contribution is 5.87. The fourth-order valence-electron chi connectivity index (χ4n) is 3.65. The van der Waals surface area contributed by atoms with Crippen molar-refractivity contribution in [3.8, 4) is 0 Å². The van der Waals surface area contributed by atoms with E-state index in [1.165, 1.54) is 33.3 Å². The van der Waals surface area contributed by atoms with Crippen molar-refractivity contribution < 1.29 is 9.84 Å². The zero-order valence-corrected chi connectivity index (χ0v) is 14.7. The molecule has 1 aromatic heterocycles. The minimum Gasteiger partial charge on any atom is -0.393 e. The molecule has 0 saturated carbocycles. The Morgan fingerprint density at radius 2 is 1.96 bits per heavy atom. The van der Waals surface area contributed by atoms with Crippen molar-refractivity contribution >= 4 is 10.9 Å². The van der Waals surface area contributed by atoms with Gasteiger partial charge in [-0.15, -0.1) is 0 Å². The van der Waals surface area contributed by atoms with Crippen LogP contribution >= 0.6 is 0 Å². The predicted molar refractivity (Wildman–Crippen MR) is 93.6 cm³/mol. The molecule has 3 rings (SSSR count). The molecule has 0 radical (unpaired) electrons. The van der Waals surface area contributed by atoms with E-state index in [1.807, 2.05) is 6.92 Å². The molecule has 1 aromatic carbocycles. The normalized spacial score (nSPS) is 16.2. The largest absolute Gasteiger partial charge is 0.393 e. The first-order valence-electron chi connectivity index (χ1n) is 8.50. The smallest absolute Gasteiger partial charge is 0.0589 e. The van der Waals surface area contributed by atoms with Gasteiger partial charge < -0.3 is 14.4 Å². The van der Waals surface area contributed by atoms with Gasteiger partial charge in [0.2, 0.25) is 0 Å². The number of methoxy groups -OCH3 is 1. The Labute approximate surface area is 138 Å². The van der Waals surface area contributed by atoms with E-state index in [1.54, 1.807) is 7.11 Å². The molecule has 0 amide bonds. The summed E-state index contributed by atoms with van der Waals surface area (Å²) < 4.78 is 7.50. The first-order chi connectivity index (χ1) is 11.0. The number of rotatable bonds is 6. The van der Waals surface area contributed by atoms with E-state index in [9.17, 15) is 5.11 Å². The summed E-state index contributed by atoms with van der Waals surface area (Å²) in [6.07, 6.45) is 1.51. The minimum atomic E-state index is -0.247. The van der Waals surface area contributed by atoms with Gasteiger partial charge in [0.25, 0.3) is 0 Å². The molecule has 1 unspecified atom stereocenters. The molecule has 2 aromatic rings. The van der Waals surface area contributed by atoms with Crippen molar-refractivity contribution in [2.24, 2.45) is 7.05 Å². The second-order valence-electron chi connectivity index (χ2n) is 6.85. The highest BCUT2D eigenvalue weighted by Crippen LogP contribution is 2.33. The zero-order valence-electron chi connectivity index (χ0n) is 14.7. The van der Waals surface area contributed by atoms with E-state index < -0.39 is 0 Å². The molecule has 0 fully saturated rings. The number of fused-ring (bicyclic) bond motifs is 2. The molecule has 0 bridgehead atoms. The molecule has 1 aliphatic heterocycles. The molecule has 0 saturated heterocycles. The topological polar surface area (TPSA) is 37.6 Å². The van der Waals surface area contributed by atoms with Crippen LogP contribution < -0.4 is 0 Å². The molecule has 2 heterocycles. The monoisotopic (exact) mass is 316 g/mol. The van der Waals surface area contributed by atoms with Gasteiger partial charge in [-0.25, -0.2) is 0 Å². The number of hydrogen-bond donors (Lipinski definition) is 1. The summed E-state index contributed by atoms with van der Waals surface area (Å²) in [6, 6.07) is 4.73. The Hall–Kier alpha value is -1.36. The fraction of sp³-hybridized carbons (Fsp3) is 0.579. The second-order valence-corrected chi connectivity index (χ2v) is 6.85. The predicted octanol–water partition coefficient (Wildman–Crippen LogP) is 2.76. The highest BCUT2D eigenvalue weighted by atomic mass is 16.5.